The van der Waals surface area contributed by atoms with Crippen molar-refractivity contribution in [1.82, 2.24) is 4.98 Å². The monoisotopic (exact) mass is 189 g/mol. The molecule has 5 nitrogen and oxygen atoms in total. The molecule has 0 saturated heterocycles. The van der Waals surface area contributed by atoms with Crippen molar-refractivity contribution in [2.45, 2.75) is 0 Å². The van der Waals surface area contributed by atoms with Crippen LogP contribution in [0.15, 0.2) is 24.5 Å². The van der Waals surface area contributed by atoms with E-state index in [1.165, 1.54) is 6.20 Å². The molecule has 0 amide bonds. The Morgan fingerprint density at radius 3 is 2.33 bits per heavy atom. The van der Waals surface area contributed by atoms with Crippen molar-refractivity contribution in [3.63, 3.8) is 0 Å². The van der Waals surface area contributed by atoms with Gasteiger partial charge < -0.3 is 0 Å². The molecule has 1 rings (SSSR count). The molecule has 0 spiro atoms. The quantitative estimate of drug-likeness (QED) is 0.498. The summed E-state index contributed by atoms with van der Waals surface area (Å²) in [6.45, 7) is 0. The van der Waals surface area contributed by atoms with Gasteiger partial charge in [0.25, 0.3) is 11.4 Å². The molecule has 1 aromatic heterocycles. The normalized spacial score (nSPS) is 8.58. The fraction of sp³-hybridized carbons (Fsp3) is 0. The highest BCUT2D eigenvalue weighted by Gasteiger charge is 1.81. The summed E-state index contributed by atoms with van der Waals surface area (Å²) >= 11 is -2.61. The van der Waals surface area contributed by atoms with Crippen LogP contribution < -0.4 is 0 Å². The van der Waals surface area contributed by atoms with Crippen LogP contribution >= 0.6 is 0 Å². The highest BCUT2D eigenvalue weighted by molar-refractivity contribution is 7.73. The number of carbonyl (C=O) groups is 1. The lowest BCUT2D eigenvalue weighted by Gasteiger charge is -1.81. The number of hydrogen-bond acceptors (Lipinski definition) is 3. The van der Waals surface area contributed by atoms with Gasteiger partial charge in [0, 0.05) is 18.0 Å². The molecule has 0 atom stereocenters. The van der Waals surface area contributed by atoms with E-state index in [-0.39, 0.29) is 0 Å². The first-order chi connectivity index (χ1) is 5.66. The molecule has 1 heterocycles. The maximum Gasteiger partial charge on any atom is 0.299 e. The molecule has 1 aromatic rings. The second kappa shape index (κ2) is 6.59. The summed E-state index contributed by atoms with van der Waals surface area (Å²) in [7, 11) is 0. The summed E-state index contributed by atoms with van der Waals surface area (Å²) in [6, 6.07) is 3.43. The molecule has 0 aromatic carbocycles. The Hall–Kier alpha value is -1.11. The number of carbonyl (C=O) groups excluding carboxylic acids is 1. The maximum absolute atomic E-state index is 9.97. The first kappa shape index (κ1) is 10.9. The van der Waals surface area contributed by atoms with E-state index in [1.807, 2.05) is 0 Å². The molecule has 0 bridgehead atoms. The van der Waals surface area contributed by atoms with E-state index in [9.17, 15) is 4.79 Å². The van der Waals surface area contributed by atoms with E-state index in [1.54, 1.807) is 18.3 Å². The van der Waals surface area contributed by atoms with Gasteiger partial charge in [-0.15, -0.1) is 0 Å². The Morgan fingerprint density at radius 1 is 1.50 bits per heavy atom. The zero-order chi connectivity index (χ0) is 9.40. The van der Waals surface area contributed by atoms with Crippen molar-refractivity contribution in [3.8, 4) is 0 Å². The SMILES string of the molecule is O=Cc1cccnc1.O=S(O)O. The molecule has 0 aliphatic rings. The van der Waals surface area contributed by atoms with Crippen LogP contribution in [-0.2, 0) is 11.4 Å². The third kappa shape index (κ3) is 7.00. The molecule has 2 N–H and O–H groups in total. The molecular weight excluding hydrogens is 182 g/mol. The summed E-state index contributed by atoms with van der Waals surface area (Å²) < 4.78 is 22.8. The zero-order valence-corrected chi connectivity index (χ0v) is 6.77. The van der Waals surface area contributed by atoms with Gasteiger partial charge in [-0.05, 0) is 12.1 Å². The molecule has 6 heteroatoms. The second-order valence-electron chi connectivity index (χ2n) is 1.63. The van der Waals surface area contributed by atoms with Crippen LogP contribution in [0.2, 0.25) is 0 Å². The standard InChI is InChI=1S/C6H5NO.H2O3S/c8-5-6-2-1-3-7-4-6;1-4(2)3/h1-5H;(H2,1,2,3). The molecule has 0 aliphatic heterocycles. The van der Waals surface area contributed by atoms with Gasteiger partial charge in [0.2, 0.25) is 0 Å². The fourth-order valence-electron chi connectivity index (χ4n) is 0.446. The lowest BCUT2D eigenvalue weighted by Crippen LogP contribution is -1.77. The van der Waals surface area contributed by atoms with Crippen LogP contribution in [-0.4, -0.2) is 24.6 Å². The number of aldehydes is 1. The highest BCUT2D eigenvalue weighted by Crippen LogP contribution is 1.87. The van der Waals surface area contributed by atoms with E-state index >= 15 is 0 Å². The molecule has 0 aliphatic carbocycles. The average Bonchev–Trinajstić information content (AvgIpc) is 2.05. The predicted molar refractivity (Wildman–Crippen MR) is 43.0 cm³/mol. The summed E-state index contributed by atoms with van der Waals surface area (Å²) in [5.41, 5.74) is 0.618. The largest absolute Gasteiger partial charge is 0.299 e. The number of pyridine rings is 1. The maximum atomic E-state index is 9.97. The van der Waals surface area contributed by atoms with E-state index in [4.69, 9.17) is 13.3 Å². The third-order valence-electron chi connectivity index (χ3n) is 0.820. The lowest BCUT2D eigenvalue weighted by atomic mass is 10.3. The van der Waals surface area contributed by atoms with E-state index < -0.39 is 11.4 Å². The number of aromatic nitrogens is 1. The van der Waals surface area contributed by atoms with E-state index in [0.29, 0.717) is 5.56 Å². The van der Waals surface area contributed by atoms with Crippen molar-refractivity contribution < 1.29 is 18.1 Å². The predicted octanol–water partition coefficient (Wildman–Crippen LogP) is 0.575. The first-order valence-corrected chi connectivity index (χ1v) is 3.88. The first-order valence-electron chi connectivity index (χ1n) is 2.82. The van der Waals surface area contributed by atoms with Crippen LogP contribution in [0.25, 0.3) is 0 Å². The van der Waals surface area contributed by atoms with Gasteiger partial charge in [0.15, 0.2) is 6.29 Å². The highest BCUT2D eigenvalue weighted by atomic mass is 32.2. The van der Waals surface area contributed by atoms with Gasteiger partial charge in [-0.3, -0.25) is 18.9 Å². The minimum atomic E-state index is -2.61. The molecule has 0 unspecified atom stereocenters. The van der Waals surface area contributed by atoms with Crippen LogP contribution in [0.4, 0.5) is 0 Å². The Kier molecular flexibility index (Phi) is 5.98. The Balaban J connectivity index is 0.000000261. The minimum absolute atomic E-state index is 0.618. The molecular formula is C6H7NO4S. The number of hydrogen-bond donors (Lipinski definition) is 2. The third-order valence-corrected chi connectivity index (χ3v) is 0.820. The van der Waals surface area contributed by atoms with E-state index in [2.05, 4.69) is 4.98 Å². The van der Waals surface area contributed by atoms with Gasteiger partial charge in [-0.2, -0.15) is 4.21 Å². The Morgan fingerprint density at radius 2 is 2.08 bits per heavy atom. The molecule has 0 radical (unpaired) electrons. The number of rotatable bonds is 1. The van der Waals surface area contributed by atoms with Gasteiger partial charge in [0.05, 0.1) is 0 Å². The molecule has 12 heavy (non-hydrogen) atoms. The van der Waals surface area contributed by atoms with Crippen LogP contribution in [0, 0.1) is 0 Å². The van der Waals surface area contributed by atoms with Gasteiger partial charge in [0.1, 0.15) is 0 Å². The van der Waals surface area contributed by atoms with Crippen molar-refractivity contribution in [3.05, 3.63) is 30.1 Å². The topological polar surface area (TPSA) is 87.5 Å². The van der Waals surface area contributed by atoms with Crippen LogP contribution in [0.1, 0.15) is 10.4 Å². The van der Waals surface area contributed by atoms with Crippen molar-refractivity contribution in [2.75, 3.05) is 0 Å². The molecule has 66 valence electrons. The van der Waals surface area contributed by atoms with E-state index in [0.717, 1.165) is 6.29 Å². The second-order valence-corrected chi connectivity index (χ2v) is 2.10. The number of nitrogens with zero attached hydrogens (tertiary/aromatic N) is 1. The summed E-state index contributed by atoms with van der Waals surface area (Å²) in [4.78, 5) is 13.7. The van der Waals surface area contributed by atoms with Crippen LogP contribution in [0.5, 0.6) is 0 Å². The minimum Gasteiger partial charge on any atom is -0.298 e. The fourth-order valence-corrected chi connectivity index (χ4v) is 0.446. The van der Waals surface area contributed by atoms with Crippen molar-refractivity contribution in [2.24, 2.45) is 0 Å². The zero-order valence-electron chi connectivity index (χ0n) is 5.95. The van der Waals surface area contributed by atoms with Gasteiger partial charge >= 0.3 is 0 Å². The van der Waals surface area contributed by atoms with Crippen LogP contribution in [0.3, 0.4) is 0 Å². The molecule has 0 fully saturated rings. The van der Waals surface area contributed by atoms with Gasteiger partial charge in [-0.25, -0.2) is 0 Å². The smallest absolute Gasteiger partial charge is 0.298 e. The molecule has 0 saturated carbocycles. The summed E-state index contributed by atoms with van der Waals surface area (Å²) in [6.07, 6.45) is 3.92. The Bertz CT molecular complexity index is 247. The van der Waals surface area contributed by atoms with Crippen molar-refractivity contribution in [1.29, 1.82) is 0 Å². The van der Waals surface area contributed by atoms with Crippen molar-refractivity contribution >= 4 is 17.6 Å². The Labute approximate surface area is 71.6 Å². The van der Waals surface area contributed by atoms with Gasteiger partial charge in [-0.1, -0.05) is 0 Å². The summed E-state index contributed by atoms with van der Waals surface area (Å²) in [5.74, 6) is 0. The average molecular weight is 189 g/mol. The summed E-state index contributed by atoms with van der Waals surface area (Å²) in [5, 5.41) is 0. The lowest BCUT2D eigenvalue weighted by molar-refractivity contribution is 0.112.